The topological polar surface area (TPSA) is 568 Å². The molecule has 33 atom stereocenters. The highest BCUT2D eigenvalue weighted by molar-refractivity contribution is 7.46. The lowest BCUT2D eigenvalue weighted by Gasteiger charge is -2.51. The van der Waals surface area contributed by atoms with E-state index in [9.17, 15) is 111 Å². The number of hydrogen-bond donors (Lipinski definition) is 20. The number of esters is 1. The van der Waals surface area contributed by atoms with E-state index >= 15 is 0 Å². The fourth-order valence-corrected chi connectivity index (χ4v) is 10.0. The van der Waals surface area contributed by atoms with Gasteiger partial charge in [0.15, 0.2) is 43.8 Å². The predicted octanol–water partition coefficient (Wildman–Crippen LogP) is -12.2. The molecule has 6 fully saturated rings. The van der Waals surface area contributed by atoms with Crippen LogP contribution in [0.5, 0.6) is 0 Å². The van der Waals surface area contributed by atoms with Gasteiger partial charge in [-0.15, -0.1) is 0 Å². The first kappa shape index (κ1) is 67.5. The van der Waals surface area contributed by atoms with E-state index in [4.69, 9.17) is 61.6 Å². The molecule has 0 saturated carbocycles. The Morgan fingerprint density at radius 1 is 0.450 bits per heavy atom. The van der Waals surface area contributed by atoms with Gasteiger partial charge < -0.3 is 163 Å². The molecule has 6 saturated heterocycles. The Morgan fingerprint density at radius 2 is 0.875 bits per heavy atom. The van der Waals surface area contributed by atoms with Gasteiger partial charge in [0.25, 0.3) is 0 Å². The fourth-order valence-electron chi connectivity index (χ4n) is 9.70. The van der Waals surface area contributed by atoms with Gasteiger partial charge in [-0.25, -0.2) is 4.57 Å². The van der Waals surface area contributed by atoms with Crippen LogP contribution in [0.3, 0.4) is 0 Å². The van der Waals surface area contributed by atoms with Crippen molar-refractivity contribution in [3.05, 3.63) is 0 Å². The summed E-state index contributed by atoms with van der Waals surface area (Å²) >= 11 is 0. The van der Waals surface area contributed by atoms with Crippen molar-refractivity contribution < 1.29 is 177 Å². The van der Waals surface area contributed by atoms with Crippen molar-refractivity contribution in [2.24, 2.45) is 0 Å². The lowest BCUT2D eigenvalue weighted by Crippen LogP contribution is -2.69. The average Bonchev–Trinajstić information content (AvgIpc) is 3.41. The third-order valence-corrected chi connectivity index (χ3v) is 14.7. The van der Waals surface area contributed by atoms with Crippen LogP contribution in [-0.4, -0.2) is 343 Å². The second-order valence-corrected chi connectivity index (χ2v) is 21.2. The number of phosphoric ester groups is 1. The highest BCUT2D eigenvalue weighted by Gasteiger charge is 2.59. The molecular formula is C43H75O36P. The first-order valence-electron chi connectivity index (χ1n) is 25.2. The minimum absolute atomic E-state index is 0.882. The minimum atomic E-state index is -5.26. The quantitative estimate of drug-likeness (QED) is 0.0353. The Hall–Kier alpha value is -1.62. The molecule has 468 valence electrons. The third-order valence-electron chi connectivity index (χ3n) is 14.2. The Kier molecular flexibility index (Phi) is 24.2. The average molecular weight is 1200 g/mol. The van der Waals surface area contributed by atoms with E-state index in [-0.39, 0.29) is 0 Å². The maximum Gasteiger partial charge on any atom is 0.469 e. The summed E-state index contributed by atoms with van der Waals surface area (Å²) in [6.07, 6.45) is -63.3. The van der Waals surface area contributed by atoms with Crippen molar-refractivity contribution in [3.8, 4) is 0 Å². The van der Waals surface area contributed by atoms with Crippen LogP contribution < -0.4 is 0 Å². The Bertz CT molecular complexity index is 1960. The second-order valence-electron chi connectivity index (χ2n) is 20.0. The van der Waals surface area contributed by atoms with Crippen molar-refractivity contribution in [2.45, 2.75) is 230 Å². The van der Waals surface area contributed by atoms with Crippen molar-refractivity contribution in [1.82, 2.24) is 0 Å². The number of rotatable bonds is 22. The van der Waals surface area contributed by atoms with Gasteiger partial charge in [0.1, 0.15) is 140 Å². The molecule has 0 aromatic carbocycles. The van der Waals surface area contributed by atoms with E-state index in [1.54, 1.807) is 0 Å². The van der Waals surface area contributed by atoms with Crippen molar-refractivity contribution in [1.29, 1.82) is 0 Å². The van der Waals surface area contributed by atoms with Gasteiger partial charge in [-0.05, 0) is 20.8 Å². The molecule has 37 heteroatoms. The van der Waals surface area contributed by atoms with Crippen LogP contribution in [0.2, 0.25) is 0 Å². The molecule has 6 aliphatic heterocycles. The molecule has 36 nitrogen and oxygen atoms in total. The van der Waals surface area contributed by atoms with Crippen LogP contribution in [0.1, 0.15) is 27.7 Å². The van der Waals surface area contributed by atoms with Crippen LogP contribution in [0, 0.1) is 0 Å². The maximum atomic E-state index is 13.0. The normalized spacial score (nSPS) is 48.0. The van der Waals surface area contributed by atoms with E-state index in [1.165, 1.54) is 20.8 Å². The van der Waals surface area contributed by atoms with Gasteiger partial charge in [0.05, 0.1) is 51.3 Å². The molecular weight excluding hydrogens is 1120 g/mol. The first-order valence-corrected chi connectivity index (χ1v) is 26.7. The molecule has 0 aliphatic carbocycles. The molecule has 0 aromatic heterocycles. The van der Waals surface area contributed by atoms with Crippen LogP contribution in [-0.2, 0) is 75.5 Å². The molecule has 80 heavy (non-hydrogen) atoms. The lowest BCUT2D eigenvalue weighted by molar-refractivity contribution is -0.404. The molecule has 0 unspecified atom stereocenters. The van der Waals surface area contributed by atoms with Crippen LogP contribution in [0.4, 0.5) is 0 Å². The molecule has 0 radical (unpaired) electrons. The summed E-state index contributed by atoms with van der Waals surface area (Å²) in [6, 6.07) is 0. The molecule has 6 aliphatic rings. The molecule has 0 bridgehead atoms. The lowest BCUT2D eigenvalue weighted by atomic mass is 9.95. The number of phosphoric acid groups is 1. The standard InChI is InChI=1S/C43H75O36P/c1-10-19(50)23(54)27(58)39(67-10)77-34-17(8-47)73-41(30(61)26(34)57)78-35-22(53)16(7-46)72-42(31(35)62)79-36-33(76-40-28(59)24(55)21(52)15(6-45)71-40)12(3)69-43(37(36)70-13(4)48)75-32-11(2)68-38(29(60)25(32)56)74-18(9-66-80(63,64)65)20(51)14(49)5-44/h10-12,14-47,49-62H,5-9H2,1-4H3,(H2,63,64,65)/t10-,11-,12-,14+,15+,16+,17+,18+,19-,20+,21-,22-,23+,24-,25-,26+,27+,28+,29+,30+,31+,32-,33-,34+,35-,36+,37+,38-,39+,40-,41-,42+,43+/m0/s1. The summed E-state index contributed by atoms with van der Waals surface area (Å²) < 4.78 is 91.1. The van der Waals surface area contributed by atoms with Crippen molar-refractivity contribution in [2.75, 3.05) is 33.0 Å². The summed E-state index contributed by atoms with van der Waals surface area (Å²) in [5, 5.41) is 193. The van der Waals surface area contributed by atoms with E-state index in [0.29, 0.717) is 0 Å². The van der Waals surface area contributed by atoms with Gasteiger partial charge in [0.2, 0.25) is 0 Å². The number of carbonyl (C=O) groups excluding carboxylic acids is 1. The maximum absolute atomic E-state index is 13.0. The van der Waals surface area contributed by atoms with Gasteiger partial charge in [0, 0.05) is 6.92 Å². The molecule has 20 N–H and O–H groups in total. The Labute approximate surface area is 453 Å². The molecule has 0 aromatic rings. The van der Waals surface area contributed by atoms with Crippen LogP contribution >= 0.6 is 7.82 Å². The number of carbonyl (C=O) groups is 1. The van der Waals surface area contributed by atoms with Gasteiger partial charge in [-0.2, -0.15) is 0 Å². The van der Waals surface area contributed by atoms with E-state index in [1.807, 2.05) is 0 Å². The van der Waals surface area contributed by atoms with Crippen LogP contribution in [0.25, 0.3) is 0 Å². The summed E-state index contributed by atoms with van der Waals surface area (Å²) in [7, 11) is -5.26. The number of ether oxygens (including phenoxy) is 13. The number of hydrogen-bond acceptors (Lipinski definition) is 34. The highest BCUT2D eigenvalue weighted by atomic mass is 31.2. The fraction of sp³-hybridized carbons (Fsp3) is 0.977. The SMILES string of the molecule is CC(=O)O[C@H]1[C@@H](O[C@@H]2[C@@H](O)[C@@H](O)[C@H](O[C@H](COP(=O)(O)O)[C@H](O)[C@H](O)CO)O[C@H]2C)O[C@@H](C)[C@H](O[C@@H]2O[C@H](CO)[C@H](O)[C@H](O)[C@H]2O)[C@H]1O[C@H]1O[C@H](CO)[C@H](O)[C@H](O[C@@H]2O[C@H](CO)[C@@H](O[C@H]3O[C@@H](C)[C@H](O)[C@@H](O)[C@H]3O)[C@H](O)[C@H]2O)[C@H]1O. The van der Waals surface area contributed by atoms with E-state index in [0.717, 1.165) is 6.92 Å². The summed E-state index contributed by atoms with van der Waals surface area (Å²) in [6.45, 7) is -0.597. The number of aliphatic hydroxyl groups is 18. The molecule has 6 heterocycles. The van der Waals surface area contributed by atoms with E-state index in [2.05, 4.69) is 4.52 Å². The first-order chi connectivity index (χ1) is 37.5. The smallest absolute Gasteiger partial charge is 0.454 e. The number of aliphatic hydroxyl groups excluding tert-OH is 18. The van der Waals surface area contributed by atoms with Crippen molar-refractivity contribution >= 4 is 13.8 Å². The zero-order valence-electron chi connectivity index (χ0n) is 43.0. The minimum Gasteiger partial charge on any atom is -0.454 e. The van der Waals surface area contributed by atoms with E-state index < -0.39 is 249 Å². The monoisotopic (exact) mass is 1200 g/mol. The third kappa shape index (κ3) is 15.3. The zero-order chi connectivity index (χ0) is 59.6. The summed E-state index contributed by atoms with van der Waals surface area (Å²) in [5.41, 5.74) is 0. The highest BCUT2D eigenvalue weighted by Crippen LogP contribution is 2.40. The Balaban J connectivity index is 1.29. The molecule has 0 amide bonds. The zero-order valence-corrected chi connectivity index (χ0v) is 43.9. The van der Waals surface area contributed by atoms with Gasteiger partial charge in [-0.1, -0.05) is 0 Å². The predicted molar refractivity (Wildman–Crippen MR) is 244 cm³/mol. The summed E-state index contributed by atoms with van der Waals surface area (Å²) in [5.74, 6) is -1.14. The van der Waals surface area contributed by atoms with Gasteiger partial charge in [-0.3, -0.25) is 9.32 Å². The molecule has 6 rings (SSSR count). The van der Waals surface area contributed by atoms with Gasteiger partial charge >= 0.3 is 13.8 Å². The largest absolute Gasteiger partial charge is 0.469 e. The van der Waals surface area contributed by atoms with Crippen LogP contribution in [0.15, 0.2) is 0 Å². The molecule has 0 spiro atoms. The van der Waals surface area contributed by atoms with Crippen molar-refractivity contribution in [3.63, 3.8) is 0 Å². The Morgan fingerprint density at radius 3 is 1.44 bits per heavy atom. The second kappa shape index (κ2) is 28.7. The summed E-state index contributed by atoms with van der Waals surface area (Å²) in [4.78, 5) is 31.5.